The van der Waals surface area contributed by atoms with E-state index in [4.69, 9.17) is 4.42 Å². The molecule has 1 nitrogen and oxygen atoms in total. The molecule has 0 fully saturated rings. The van der Waals surface area contributed by atoms with Gasteiger partial charge in [0, 0.05) is 10.8 Å². The van der Waals surface area contributed by atoms with Gasteiger partial charge in [0.25, 0.3) is 0 Å². The molecule has 8 aromatic carbocycles. The summed E-state index contributed by atoms with van der Waals surface area (Å²) >= 11 is 0. The van der Waals surface area contributed by atoms with Crippen LogP contribution in [0.2, 0.25) is 0 Å². The van der Waals surface area contributed by atoms with Crippen LogP contribution in [-0.2, 0) is 0 Å². The Morgan fingerprint density at radius 1 is 0.326 bits per heavy atom. The molecular weight excluding hydrogens is 520 g/mol. The van der Waals surface area contributed by atoms with Gasteiger partial charge < -0.3 is 4.42 Å². The van der Waals surface area contributed by atoms with Crippen LogP contribution in [0.3, 0.4) is 0 Å². The van der Waals surface area contributed by atoms with Gasteiger partial charge in [0.1, 0.15) is 11.2 Å². The van der Waals surface area contributed by atoms with Crippen LogP contribution in [0.4, 0.5) is 0 Å². The molecule has 0 saturated heterocycles. The summed E-state index contributed by atoms with van der Waals surface area (Å²) in [5.41, 5.74) is 9.29. The van der Waals surface area contributed by atoms with Gasteiger partial charge in [-0.2, -0.15) is 0 Å². The van der Waals surface area contributed by atoms with E-state index in [1.54, 1.807) is 0 Å². The third-order valence-corrected chi connectivity index (χ3v) is 8.84. The topological polar surface area (TPSA) is 13.1 Å². The molecule has 0 aliphatic heterocycles. The zero-order chi connectivity index (χ0) is 28.3. The molecule has 9 rings (SSSR count). The van der Waals surface area contributed by atoms with Crippen molar-refractivity contribution in [1.82, 2.24) is 0 Å². The molecule has 0 unspecified atom stereocenters. The number of fused-ring (bicyclic) bond motifs is 6. The summed E-state index contributed by atoms with van der Waals surface area (Å²) in [6.07, 6.45) is 0. The first-order valence-electron chi connectivity index (χ1n) is 14.8. The van der Waals surface area contributed by atoms with Crippen LogP contribution >= 0.6 is 0 Å². The molecule has 0 amide bonds. The lowest BCUT2D eigenvalue weighted by Gasteiger charge is -2.18. The molecule has 0 N–H and O–H groups in total. The zero-order valence-electron chi connectivity index (χ0n) is 23.4. The highest BCUT2D eigenvalue weighted by Gasteiger charge is 2.17. The second-order valence-corrected chi connectivity index (χ2v) is 11.3. The van der Waals surface area contributed by atoms with Gasteiger partial charge in [-0.05, 0) is 90.0 Å². The normalized spacial score (nSPS) is 11.7. The Morgan fingerprint density at radius 3 is 1.51 bits per heavy atom. The minimum atomic E-state index is 0.923. The Bertz CT molecular complexity index is 2440. The maximum absolute atomic E-state index is 6.17. The Labute approximate surface area is 249 Å². The van der Waals surface area contributed by atoms with Crippen molar-refractivity contribution in [2.45, 2.75) is 0 Å². The lowest BCUT2D eigenvalue weighted by Crippen LogP contribution is -1.90. The minimum absolute atomic E-state index is 0.923. The fourth-order valence-corrected chi connectivity index (χ4v) is 6.94. The van der Waals surface area contributed by atoms with Gasteiger partial charge in [0.15, 0.2) is 0 Å². The van der Waals surface area contributed by atoms with Crippen LogP contribution in [0.15, 0.2) is 162 Å². The predicted octanol–water partition coefficient (Wildman–Crippen LogP) is 12.0. The predicted molar refractivity (Wildman–Crippen MR) is 183 cm³/mol. The maximum atomic E-state index is 6.17. The van der Waals surface area contributed by atoms with E-state index in [0.29, 0.717) is 0 Å². The maximum Gasteiger partial charge on any atom is 0.136 e. The summed E-state index contributed by atoms with van der Waals surface area (Å²) in [6.45, 7) is 0. The van der Waals surface area contributed by atoms with E-state index in [2.05, 4.69) is 146 Å². The summed E-state index contributed by atoms with van der Waals surface area (Å²) in [7, 11) is 0. The van der Waals surface area contributed by atoms with Crippen molar-refractivity contribution in [3.63, 3.8) is 0 Å². The number of rotatable bonds is 3. The summed E-state index contributed by atoms with van der Waals surface area (Å²) in [5, 5.41) is 9.87. The lowest BCUT2D eigenvalue weighted by atomic mass is 9.85. The molecule has 0 spiro atoms. The van der Waals surface area contributed by atoms with E-state index >= 15 is 0 Å². The second-order valence-electron chi connectivity index (χ2n) is 11.3. The van der Waals surface area contributed by atoms with Gasteiger partial charge in [0.05, 0.1) is 0 Å². The van der Waals surface area contributed by atoms with E-state index in [0.717, 1.165) is 16.6 Å². The number of hydrogen-bond donors (Lipinski definition) is 0. The SMILES string of the molecule is c1ccc(-c2c3ccccc3c(-c3ccc4cc(-c5cccc6oc7ccccc7c56)ccc4c3)c3ccccc23)cc1. The van der Waals surface area contributed by atoms with Crippen molar-refractivity contribution in [3.05, 3.63) is 158 Å². The number of furan rings is 1. The summed E-state index contributed by atoms with van der Waals surface area (Å²) in [6, 6.07) is 56.8. The van der Waals surface area contributed by atoms with Crippen molar-refractivity contribution >= 4 is 54.3 Å². The van der Waals surface area contributed by atoms with Gasteiger partial charge in [-0.1, -0.05) is 133 Å². The average Bonchev–Trinajstić information content (AvgIpc) is 3.46. The largest absolute Gasteiger partial charge is 0.456 e. The van der Waals surface area contributed by atoms with Crippen molar-refractivity contribution in [2.75, 3.05) is 0 Å². The Hall–Kier alpha value is -5.66. The van der Waals surface area contributed by atoms with Crippen LogP contribution in [0.25, 0.3) is 87.6 Å². The van der Waals surface area contributed by atoms with Gasteiger partial charge >= 0.3 is 0 Å². The Balaban J connectivity index is 1.25. The standard InChI is InChI=1S/C42H26O/c1-2-11-27(12-3-1)40-33-13-4-6-15-35(33)41(36-16-7-5-14-34(36)40)31-24-22-28-25-30(23-21-29(28)26-31)32-18-10-20-39-42(32)37-17-8-9-19-38(37)43-39/h1-26H. The van der Waals surface area contributed by atoms with Crippen LogP contribution in [0, 0.1) is 0 Å². The van der Waals surface area contributed by atoms with Gasteiger partial charge in [-0.15, -0.1) is 0 Å². The summed E-state index contributed by atoms with van der Waals surface area (Å²) in [5.74, 6) is 0. The van der Waals surface area contributed by atoms with Gasteiger partial charge in [-0.3, -0.25) is 0 Å². The van der Waals surface area contributed by atoms with Crippen molar-refractivity contribution in [2.24, 2.45) is 0 Å². The Morgan fingerprint density at radius 2 is 0.837 bits per heavy atom. The first-order chi connectivity index (χ1) is 21.3. The molecule has 1 heterocycles. The molecule has 1 aromatic heterocycles. The van der Waals surface area contributed by atoms with Gasteiger partial charge in [0.2, 0.25) is 0 Å². The summed E-state index contributed by atoms with van der Waals surface area (Å²) < 4.78 is 6.17. The molecule has 1 heteroatoms. The second kappa shape index (κ2) is 9.44. The zero-order valence-corrected chi connectivity index (χ0v) is 23.4. The quantitative estimate of drug-likeness (QED) is 0.201. The highest BCUT2D eigenvalue weighted by molar-refractivity contribution is 6.22. The van der Waals surface area contributed by atoms with Crippen molar-refractivity contribution < 1.29 is 4.42 Å². The number of hydrogen-bond acceptors (Lipinski definition) is 1. The first kappa shape index (κ1) is 24.0. The average molecular weight is 547 g/mol. The van der Waals surface area contributed by atoms with Crippen molar-refractivity contribution in [1.29, 1.82) is 0 Å². The Kier molecular flexibility index (Phi) is 5.27. The molecule has 0 saturated carbocycles. The van der Waals surface area contributed by atoms with E-state index in [9.17, 15) is 0 Å². The fourth-order valence-electron chi connectivity index (χ4n) is 6.94. The first-order valence-corrected chi connectivity index (χ1v) is 14.8. The molecule has 0 aliphatic rings. The smallest absolute Gasteiger partial charge is 0.136 e. The third-order valence-electron chi connectivity index (χ3n) is 8.84. The number of para-hydroxylation sites is 1. The molecule has 0 atom stereocenters. The molecule has 0 aliphatic carbocycles. The fraction of sp³-hybridized carbons (Fsp3) is 0. The molecule has 0 bridgehead atoms. The molecule has 0 radical (unpaired) electrons. The van der Waals surface area contributed by atoms with Crippen LogP contribution in [-0.4, -0.2) is 0 Å². The summed E-state index contributed by atoms with van der Waals surface area (Å²) in [4.78, 5) is 0. The lowest BCUT2D eigenvalue weighted by molar-refractivity contribution is 0.669. The number of benzene rings is 8. The highest BCUT2D eigenvalue weighted by Crippen LogP contribution is 2.44. The van der Waals surface area contributed by atoms with E-state index in [-0.39, 0.29) is 0 Å². The molecule has 9 aromatic rings. The highest BCUT2D eigenvalue weighted by atomic mass is 16.3. The monoisotopic (exact) mass is 546 g/mol. The van der Waals surface area contributed by atoms with Gasteiger partial charge in [-0.25, -0.2) is 0 Å². The minimum Gasteiger partial charge on any atom is -0.456 e. The van der Waals surface area contributed by atoms with Crippen molar-refractivity contribution in [3.8, 4) is 33.4 Å². The molecule has 200 valence electrons. The third kappa shape index (κ3) is 3.72. The molecule has 43 heavy (non-hydrogen) atoms. The van der Waals surface area contributed by atoms with E-state index in [1.165, 1.54) is 71.1 Å². The van der Waals surface area contributed by atoms with Crippen LogP contribution < -0.4 is 0 Å². The van der Waals surface area contributed by atoms with E-state index < -0.39 is 0 Å². The van der Waals surface area contributed by atoms with Crippen LogP contribution in [0.1, 0.15) is 0 Å². The molecular formula is C42H26O. The van der Waals surface area contributed by atoms with E-state index in [1.807, 2.05) is 12.1 Å². The van der Waals surface area contributed by atoms with Crippen LogP contribution in [0.5, 0.6) is 0 Å².